The third-order valence-corrected chi connectivity index (χ3v) is 6.33. The topological polar surface area (TPSA) is 66.9 Å². The van der Waals surface area contributed by atoms with Crippen LogP contribution in [0.1, 0.15) is 44.7 Å². The minimum absolute atomic E-state index is 0.233. The van der Waals surface area contributed by atoms with Gasteiger partial charge >= 0.3 is 5.97 Å². The van der Waals surface area contributed by atoms with E-state index in [9.17, 15) is 14.4 Å². The Morgan fingerprint density at radius 3 is 2.26 bits per heavy atom. The van der Waals surface area contributed by atoms with Crippen molar-refractivity contribution < 1.29 is 19.1 Å². The smallest absolute Gasteiger partial charge is 0.317 e. The van der Waals surface area contributed by atoms with Crippen LogP contribution in [0.4, 0.5) is 0 Å². The fourth-order valence-corrected chi connectivity index (χ4v) is 4.59. The number of carbonyl (C=O) groups is 3. The molecule has 1 heterocycles. The Kier molecular flexibility index (Phi) is 5.43. The van der Waals surface area contributed by atoms with Gasteiger partial charge in [0.25, 0.3) is 0 Å². The van der Waals surface area contributed by atoms with Gasteiger partial charge in [-0.05, 0) is 38.3 Å². The van der Waals surface area contributed by atoms with Crippen molar-refractivity contribution in [1.82, 2.24) is 10.0 Å². The molecule has 0 bridgehead atoms. The first-order chi connectivity index (χ1) is 14.8. The maximum atomic E-state index is 13.7. The number of hydrogen-bond acceptors (Lipinski definition) is 5. The van der Waals surface area contributed by atoms with Crippen molar-refractivity contribution in [1.29, 1.82) is 0 Å². The maximum Gasteiger partial charge on any atom is 0.317 e. The number of nitrogens with zero attached hydrogens (tertiary/aromatic N) is 2. The molecule has 0 spiro atoms. The lowest BCUT2D eigenvalue weighted by Gasteiger charge is -2.35. The van der Waals surface area contributed by atoms with Gasteiger partial charge in [-0.1, -0.05) is 60.7 Å². The number of benzene rings is 2. The van der Waals surface area contributed by atoms with Gasteiger partial charge in [0.1, 0.15) is 5.41 Å². The summed E-state index contributed by atoms with van der Waals surface area (Å²) >= 11 is 0. The van der Waals surface area contributed by atoms with Gasteiger partial charge in [-0.15, -0.1) is 0 Å². The molecule has 1 saturated heterocycles. The normalized spacial score (nSPS) is 24.8. The van der Waals surface area contributed by atoms with Crippen LogP contribution < -0.4 is 0 Å². The summed E-state index contributed by atoms with van der Waals surface area (Å²) in [4.78, 5) is 39.6. The highest BCUT2D eigenvalue weighted by Crippen LogP contribution is 2.56. The van der Waals surface area contributed by atoms with E-state index < -0.39 is 22.8 Å². The first kappa shape index (κ1) is 21.2. The number of imide groups is 1. The lowest BCUT2D eigenvalue weighted by atomic mass is 9.93. The monoisotopic (exact) mass is 420 g/mol. The molecule has 1 saturated carbocycles. The zero-order valence-electron chi connectivity index (χ0n) is 18.2. The molecule has 162 valence electrons. The van der Waals surface area contributed by atoms with E-state index in [0.717, 1.165) is 11.1 Å². The molecule has 4 rings (SSSR count). The van der Waals surface area contributed by atoms with Crippen LogP contribution in [0, 0.1) is 5.92 Å². The van der Waals surface area contributed by atoms with Crippen molar-refractivity contribution in [3.63, 3.8) is 0 Å². The zero-order chi connectivity index (χ0) is 22.2. The zero-order valence-corrected chi connectivity index (χ0v) is 18.2. The van der Waals surface area contributed by atoms with Crippen LogP contribution in [0.2, 0.25) is 0 Å². The molecule has 2 amide bonds. The van der Waals surface area contributed by atoms with Gasteiger partial charge in [-0.2, -0.15) is 0 Å². The van der Waals surface area contributed by atoms with E-state index in [-0.39, 0.29) is 24.8 Å². The summed E-state index contributed by atoms with van der Waals surface area (Å²) in [5, 5.41) is 3.12. The highest BCUT2D eigenvalue weighted by atomic mass is 16.5. The van der Waals surface area contributed by atoms with Crippen molar-refractivity contribution in [3.05, 3.63) is 71.8 Å². The molecule has 0 N–H and O–H groups in total. The fraction of sp³-hybridized carbons (Fsp3) is 0.400. The number of hydrogen-bond donors (Lipinski definition) is 0. The van der Waals surface area contributed by atoms with Crippen LogP contribution in [-0.4, -0.2) is 39.9 Å². The third-order valence-electron chi connectivity index (χ3n) is 6.33. The standard InChI is InChI=1S/C25H28N2O4/c1-4-31-23(30)25(19-13-9-6-10-14-19)15-20(25)22(29)27-21(28)16-24(2,3)26(27)17-18-11-7-5-8-12-18/h5-14,20H,4,15-17H2,1-3H3. The first-order valence-electron chi connectivity index (χ1n) is 10.7. The van der Waals surface area contributed by atoms with Gasteiger partial charge in [0.15, 0.2) is 0 Å². The van der Waals surface area contributed by atoms with E-state index in [0.29, 0.717) is 13.0 Å². The quantitative estimate of drug-likeness (QED) is 0.529. The van der Waals surface area contributed by atoms with E-state index in [1.165, 1.54) is 5.01 Å². The Balaban J connectivity index is 1.65. The summed E-state index contributed by atoms with van der Waals surface area (Å²) in [6.45, 7) is 6.36. The van der Waals surface area contributed by atoms with Crippen molar-refractivity contribution in [2.24, 2.45) is 5.92 Å². The van der Waals surface area contributed by atoms with Gasteiger partial charge < -0.3 is 4.74 Å². The predicted molar refractivity (Wildman–Crippen MR) is 115 cm³/mol. The number of esters is 1. The fourth-order valence-electron chi connectivity index (χ4n) is 4.59. The van der Waals surface area contributed by atoms with Crippen LogP contribution in [0.3, 0.4) is 0 Å². The van der Waals surface area contributed by atoms with Gasteiger partial charge in [-0.3, -0.25) is 14.4 Å². The van der Waals surface area contributed by atoms with E-state index >= 15 is 0 Å². The summed E-state index contributed by atoms with van der Waals surface area (Å²) in [6.07, 6.45) is 0.591. The lowest BCUT2D eigenvalue weighted by molar-refractivity contribution is -0.164. The number of ether oxygens (including phenoxy) is 1. The first-order valence-corrected chi connectivity index (χ1v) is 10.7. The molecular formula is C25H28N2O4. The van der Waals surface area contributed by atoms with Gasteiger partial charge in [0.05, 0.1) is 12.5 Å². The number of amides is 2. The van der Waals surface area contributed by atoms with Gasteiger partial charge in [0.2, 0.25) is 11.8 Å². The van der Waals surface area contributed by atoms with Crippen molar-refractivity contribution >= 4 is 17.8 Å². The van der Waals surface area contributed by atoms with Gasteiger partial charge in [-0.25, -0.2) is 10.0 Å². The molecule has 2 aromatic rings. The van der Waals surface area contributed by atoms with Crippen LogP contribution in [0.15, 0.2) is 60.7 Å². The second-order valence-electron chi connectivity index (χ2n) is 8.89. The summed E-state index contributed by atoms with van der Waals surface area (Å²) in [6, 6.07) is 19.0. The maximum absolute atomic E-state index is 13.7. The second-order valence-corrected chi connectivity index (χ2v) is 8.89. The SMILES string of the molecule is CCOC(=O)C1(c2ccccc2)CC1C(=O)N1C(=O)CC(C)(C)N1Cc1ccccc1. The Morgan fingerprint density at radius 1 is 1.03 bits per heavy atom. The number of rotatable bonds is 6. The van der Waals surface area contributed by atoms with Crippen LogP contribution in [-0.2, 0) is 31.1 Å². The number of hydrazine groups is 1. The van der Waals surface area contributed by atoms with Gasteiger partial charge in [0, 0.05) is 18.5 Å². The molecule has 6 nitrogen and oxygen atoms in total. The molecule has 2 aliphatic rings. The Morgan fingerprint density at radius 2 is 1.65 bits per heavy atom. The average Bonchev–Trinajstić information content (AvgIpc) is 3.47. The molecule has 1 aliphatic heterocycles. The molecule has 6 heteroatoms. The van der Waals surface area contributed by atoms with Crippen molar-refractivity contribution in [2.75, 3.05) is 6.61 Å². The average molecular weight is 421 g/mol. The molecule has 2 fully saturated rings. The Labute approximate surface area is 182 Å². The Hall–Kier alpha value is -2.99. The second kappa shape index (κ2) is 7.93. The van der Waals surface area contributed by atoms with E-state index in [1.807, 2.05) is 79.5 Å². The highest BCUT2D eigenvalue weighted by molar-refractivity contribution is 6.04. The van der Waals surface area contributed by atoms with Crippen LogP contribution in [0.5, 0.6) is 0 Å². The summed E-state index contributed by atoms with van der Waals surface area (Å²) in [5.41, 5.74) is 0.238. The largest absolute Gasteiger partial charge is 0.465 e. The Bertz CT molecular complexity index is 989. The van der Waals surface area contributed by atoms with Crippen LogP contribution in [0.25, 0.3) is 0 Å². The highest BCUT2D eigenvalue weighted by Gasteiger charge is 2.68. The van der Waals surface area contributed by atoms with Crippen LogP contribution >= 0.6 is 0 Å². The molecule has 1 aliphatic carbocycles. The summed E-state index contributed by atoms with van der Waals surface area (Å²) in [5.74, 6) is -1.59. The lowest BCUT2D eigenvalue weighted by Crippen LogP contribution is -2.50. The van der Waals surface area contributed by atoms with E-state index in [4.69, 9.17) is 4.74 Å². The minimum atomic E-state index is -1.03. The third kappa shape index (κ3) is 3.65. The molecule has 0 aromatic heterocycles. The molecular weight excluding hydrogens is 392 g/mol. The summed E-state index contributed by atoms with van der Waals surface area (Å²) < 4.78 is 5.35. The molecule has 31 heavy (non-hydrogen) atoms. The minimum Gasteiger partial charge on any atom is -0.465 e. The molecule has 2 aromatic carbocycles. The van der Waals surface area contributed by atoms with Crippen molar-refractivity contribution in [2.45, 2.75) is 51.1 Å². The number of carbonyl (C=O) groups excluding carboxylic acids is 3. The van der Waals surface area contributed by atoms with E-state index in [1.54, 1.807) is 6.92 Å². The predicted octanol–water partition coefficient (Wildman–Crippen LogP) is 3.46. The molecule has 2 unspecified atom stereocenters. The molecule has 2 atom stereocenters. The molecule has 0 radical (unpaired) electrons. The van der Waals surface area contributed by atoms with Crippen molar-refractivity contribution in [3.8, 4) is 0 Å². The van der Waals surface area contributed by atoms with E-state index in [2.05, 4.69) is 0 Å². The summed E-state index contributed by atoms with van der Waals surface area (Å²) in [7, 11) is 0.